The van der Waals surface area contributed by atoms with Crippen LogP contribution in [0.15, 0.2) is 36.4 Å². The molecule has 0 saturated carbocycles. The molecule has 0 amide bonds. The van der Waals surface area contributed by atoms with Crippen LogP contribution in [-0.2, 0) is 0 Å². The molecule has 23 heavy (non-hydrogen) atoms. The monoisotopic (exact) mass is 309 g/mol. The third kappa shape index (κ3) is 2.92. The van der Waals surface area contributed by atoms with Crippen LogP contribution in [0, 0.1) is 11.3 Å². The van der Waals surface area contributed by atoms with Crippen LogP contribution in [0.4, 0.5) is 0 Å². The van der Waals surface area contributed by atoms with Gasteiger partial charge >= 0.3 is 0 Å². The number of nitriles is 1. The molecule has 5 heteroatoms. The van der Waals surface area contributed by atoms with Crippen LogP contribution in [-0.4, -0.2) is 21.0 Å². The van der Waals surface area contributed by atoms with Gasteiger partial charge in [-0.3, -0.25) is 0 Å². The molecule has 0 bridgehead atoms. The van der Waals surface area contributed by atoms with Crippen molar-refractivity contribution in [2.45, 2.75) is 0 Å². The van der Waals surface area contributed by atoms with Crippen LogP contribution in [0.2, 0.25) is 0 Å². The molecule has 5 nitrogen and oxygen atoms in total. The number of hydrogen-bond donors (Lipinski definition) is 0. The zero-order chi connectivity index (χ0) is 16.2. The lowest BCUT2D eigenvalue weighted by Gasteiger charge is -2.09. The summed E-state index contributed by atoms with van der Waals surface area (Å²) in [6.07, 6.45) is 1.79. The molecule has 0 aliphatic carbocycles. The molecule has 0 radical (unpaired) electrons. The van der Waals surface area contributed by atoms with E-state index in [4.69, 9.17) is 18.9 Å². The molecular formula is C18H15NO4. The molecule has 1 aliphatic heterocycles. The van der Waals surface area contributed by atoms with E-state index in [1.807, 2.05) is 24.3 Å². The second-order valence-corrected chi connectivity index (χ2v) is 4.85. The van der Waals surface area contributed by atoms with E-state index in [0.717, 1.165) is 11.1 Å². The summed E-state index contributed by atoms with van der Waals surface area (Å²) in [5, 5.41) is 9.48. The minimum atomic E-state index is 0.225. The van der Waals surface area contributed by atoms with E-state index in [-0.39, 0.29) is 6.79 Å². The summed E-state index contributed by atoms with van der Waals surface area (Å²) in [4.78, 5) is 0. The van der Waals surface area contributed by atoms with Crippen molar-refractivity contribution in [3.8, 4) is 29.1 Å². The van der Waals surface area contributed by atoms with Crippen molar-refractivity contribution in [1.29, 1.82) is 5.26 Å². The van der Waals surface area contributed by atoms with Crippen molar-refractivity contribution in [3.63, 3.8) is 0 Å². The number of benzene rings is 2. The Bertz CT molecular complexity index is 805. The number of allylic oxidation sites excluding steroid dienone is 1. The van der Waals surface area contributed by atoms with Crippen molar-refractivity contribution in [2.24, 2.45) is 0 Å². The highest BCUT2D eigenvalue weighted by atomic mass is 16.7. The Hall–Kier alpha value is -3.13. The average molecular weight is 309 g/mol. The Kier molecular flexibility index (Phi) is 4.07. The number of rotatable bonds is 4. The Morgan fingerprint density at radius 3 is 2.57 bits per heavy atom. The first kappa shape index (κ1) is 14.8. The predicted octanol–water partition coefficient (Wildman–Crippen LogP) is 3.50. The Labute approximate surface area is 134 Å². The third-order valence-electron chi connectivity index (χ3n) is 3.52. The largest absolute Gasteiger partial charge is 0.493 e. The normalized spacial score (nSPS) is 12.7. The van der Waals surface area contributed by atoms with Gasteiger partial charge in [-0.2, -0.15) is 5.26 Å². The summed E-state index contributed by atoms with van der Waals surface area (Å²) < 4.78 is 21.1. The minimum absolute atomic E-state index is 0.225. The highest BCUT2D eigenvalue weighted by molar-refractivity contribution is 5.90. The van der Waals surface area contributed by atoms with Gasteiger partial charge in [-0.05, 0) is 47.5 Å². The van der Waals surface area contributed by atoms with Crippen LogP contribution < -0.4 is 18.9 Å². The first-order valence-electron chi connectivity index (χ1n) is 6.99. The third-order valence-corrected chi connectivity index (χ3v) is 3.52. The van der Waals surface area contributed by atoms with E-state index in [1.165, 1.54) is 0 Å². The summed E-state index contributed by atoms with van der Waals surface area (Å²) in [5.74, 6) is 2.60. The fourth-order valence-electron chi connectivity index (χ4n) is 2.35. The fourth-order valence-corrected chi connectivity index (χ4v) is 2.35. The van der Waals surface area contributed by atoms with Gasteiger partial charge in [-0.15, -0.1) is 0 Å². The molecule has 0 unspecified atom stereocenters. The van der Waals surface area contributed by atoms with Gasteiger partial charge in [0.2, 0.25) is 6.79 Å². The molecule has 0 spiro atoms. The van der Waals surface area contributed by atoms with Gasteiger partial charge in [-0.1, -0.05) is 6.07 Å². The van der Waals surface area contributed by atoms with Crippen LogP contribution >= 0.6 is 0 Å². The summed E-state index contributed by atoms with van der Waals surface area (Å²) in [6.45, 7) is 0.225. The van der Waals surface area contributed by atoms with Crippen LogP contribution in [0.5, 0.6) is 23.0 Å². The highest BCUT2D eigenvalue weighted by Crippen LogP contribution is 2.34. The van der Waals surface area contributed by atoms with E-state index in [0.29, 0.717) is 28.6 Å². The van der Waals surface area contributed by atoms with Gasteiger partial charge in [0, 0.05) is 0 Å². The molecular weight excluding hydrogens is 294 g/mol. The number of ether oxygens (including phenoxy) is 4. The van der Waals surface area contributed by atoms with Gasteiger partial charge < -0.3 is 18.9 Å². The molecule has 1 heterocycles. The van der Waals surface area contributed by atoms with Crippen molar-refractivity contribution in [2.75, 3.05) is 21.0 Å². The summed E-state index contributed by atoms with van der Waals surface area (Å²) in [6, 6.07) is 13.2. The predicted molar refractivity (Wildman–Crippen MR) is 85.6 cm³/mol. The SMILES string of the molecule is COc1ccc(C(C#N)=Cc2ccc3c(c2)OCO3)cc1OC. The van der Waals surface area contributed by atoms with E-state index < -0.39 is 0 Å². The number of hydrogen-bond acceptors (Lipinski definition) is 5. The molecule has 2 aromatic carbocycles. The highest BCUT2D eigenvalue weighted by Gasteiger charge is 2.13. The lowest BCUT2D eigenvalue weighted by Crippen LogP contribution is -1.92. The maximum absolute atomic E-state index is 9.48. The zero-order valence-corrected chi connectivity index (χ0v) is 12.8. The van der Waals surface area contributed by atoms with Crippen LogP contribution in [0.3, 0.4) is 0 Å². The van der Waals surface area contributed by atoms with Crippen LogP contribution in [0.1, 0.15) is 11.1 Å². The van der Waals surface area contributed by atoms with Crippen molar-refractivity contribution >= 4 is 11.6 Å². The lowest BCUT2D eigenvalue weighted by atomic mass is 10.0. The van der Waals surface area contributed by atoms with Gasteiger partial charge in [0.05, 0.1) is 25.9 Å². The van der Waals surface area contributed by atoms with Crippen molar-refractivity contribution in [1.82, 2.24) is 0 Å². The van der Waals surface area contributed by atoms with E-state index in [1.54, 1.807) is 32.4 Å². The molecule has 0 atom stereocenters. The number of methoxy groups -OCH3 is 2. The summed E-state index contributed by atoms with van der Waals surface area (Å²) in [7, 11) is 3.14. The lowest BCUT2D eigenvalue weighted by molar-refractivity contribution is 0.174. The topological polar surface area (TPSA) is 60.7 Å². The summed E-state index contributed by atoms with van der Waals surface area (Å²) in [5.41, 5.74) is 2.13. The maximum Gasteiger partial charge on any atom is 0.231 e. The van der Waals surface area contributed by atoms with Crippen LogP contribution in [0.25, 0.3) is 11.6 Å². The van der Waals surface area contributed by atoms with Gasteiger partial charge in [-0.25, -0.2) is 0 Å². The first-order chi connectivity index (χ1) is 11.2. The zero-order valence-electron chi connectivity index (χ0n) is 12.8. The molecule has 2 aromatic rings. The van der Waals surface area contributed by atoms with Crippen molar-refractivity contribution in [3.05, 3.63) is 47.5 Å². The molecule has 1 aliphatic rings. The molecule has 0 saturated heterocycles. The first-order valence-corrected chi connectivity index (χ1v) is 6.99. The maximum atomic E-state index is 9.48. The summed E-state index contributed by atoms with van der Waals surface area (Å²) >= 11 is 0. The van der Waals surface area contributed by atoms with E-state index >= 15 is 0 Å². The molecule has 3 rings (SSSR count). The quantitative estimate of drug-likeness (QED) is 0.639. The molecule has 0 aromatic heterocycles. The van der Waals surface area contributed by atoms with Gasteiger partial charge in [0.15, 0.2) is 23.0 Å². The molecule has 116 valence electrons. The second-order valence-electron chi connectivity index (χ2n) is 4.85. The Morgan fingerprint density at radius 2 is 1.83 bits per heavy atom. The minimum Gasteiger partial charge on any atom is -0.493 e. The van der Waals surface area contributed by atoms with E-state index in [9.17, 15) is 5.26 Å². The number of nitrogens with zero attached hydrogens (tertiary/aromatic N) is 1. The Morgan fingerprint density at radius 1 is 1.04 bits per heavy atom. The van der Waals surface area contributed by atoms with E-state index in [2.05, 4.69) is 6.07 Å². The molecule has 0 fully saturated rings. The second kappa shape index (κ2) is 6.32. The molecule has 0 N–H and O–H groups in total. The standard InChI is InChI=1S/C18H15NO4/c1-20-15-6-4-13(9-17(15)21-2)14(10-19)7-12-3-5-16-18(8-12)23-11-22-16/h3-9H,11H2,1-2H3. The van der Waals surface area contributed by atoms with Crippen molar-refractivity contribution < 1.29 is 18.9 Å². The van der Waals surface area contributed by atoms with Gasteiger partial charge in [0.1, 0.15) is 0 Å². The average Bonchev–Trinajstić information content (AvgIpc) is 3.06. The fraction of sp³-hybridized carbons (Fsp3) is 0.167. The van der Waals surface area contributed by atoms with Gasteiger partial charge in [0.25, 0.3) is 0 Å². The number of fused-ring (bicyclic) bond motifs is 1. The Balaban J connectivity index is 1.98. The smallest absolute Gasteiger partial charge is 0.231 e.